The quantitative estimate of drug-likeness (QED) is 0.941. The monoisotopic (exact) mass is 303 g/mol. The second kappa shape index (κ2) is 6.27. The van der Waals surface area contributed by atoms with E-state index in [0.29, 0.717) is 23.7 Å². The van der Waals surface area contributed by atoms with Crippen molar-refractivity contribution in [1.29, 1.82) is 0 Å². The zero-order valence-corrected chi connectivity index (χ0v) is 12.2. The summed E-state index contributed by atoms with van der Waals surface area (Å²) in [6.07, 6.45) is 4.38. The van der Waals surface area contributed by atoms with Gasteiger partial charge in [0, 0.05) is 12.1 Å². The lowest BCUT2D eigenvalue weighted by atomic mass is 10.0. The van der Waals surface area contributed by atoms with Crippen LogP contribution in [0.2, 0.25) is 0 Å². The predicted molar refractivity (Wildman–Crippen MR) is 79.1 cm³/mol. The summed E-state index contributed by atoms with van der Waals surface area (Å²) in [7, 11) is 0. The topological polar surface area (TPSA) is 72.4 Å². The molecule has 2 N–H and O–H groups in total. The first-order chi connectivity index (χ1) is 10.6. The molecular weight excluding hydrogens is 285 g/mol. The highest BCUT2D eigenvalue weighted by Gasteiger charge is 2.27. The van der Waals surface area contributed by atoms with E-state index in [0.717, 1.165) is 25.8 Å². The van der Waals surface area contributed by atoms with Crippen LogP contribution < -0.4 is 5.73 Å². The van der Waals surface area contributed by atoms with E-state index in [2.05, 4.69) is 4.98 Å². The maximum absolute atomic E-state index is 13.2. The third kappa shape index (κ3) is 3.17. The van der Waals surface area contributed by atoms with E-state index >= 15 is 0 Å². The number of hydrogen-bond acceptors (Lipinski definition) is 4. The van der Waals surface area contributed by atoms with Gasteiger partial charge in [0.1, 0.15) is 12.1 Å². The minimum atomic E-state index is -0.331. The highest BCUT2D eigenvalue weighted by atomic mass is 19.1. The number of halogens is 1. The summed E-state index contributed by atoms with van der Waals surface area (Å²) in [4.78, 5) is 17.9. The number of benzene rings is 1. The molecule has 6 heteroatoms. The number of carbonyl (C=O) groups excluding carboxylic acids is 1. The van der Waals surface area contributed by atoms with Crippen LogP contribution in [0.25, 0.3) is 11.5 Å². The van der Waals surface area contributed by atoms with Crippen molar-refractivity contribution in [1.82, 2.24) is 9.88 Å². The van der Waals surface area contributed by atoms with Gasteiger partial charge < -0.3 is 10.2 Å². The molecule has 1 atom stereocenters. The second-order valence-electron chi connectivity index (χ2n) is 5.54. The zero-order valence-electron chi connectivity index (χ0n) is 12.2. The molecule has 1 aromatic carbocycles. The fourth-order valence-corrected chi connectivity index (χ4v) is 2.84. The molecule has 1 amide bonds. The minimum absolute atomic E-state index is 0.247. The Morgan fingerprint density at radius 2 is 2.32 bits per heavy atom. The fourth-order valence-electron chi connectivity index (χ4n) is 2.84. The summed E-state index contributed by atoms with van der Waals surface area (Å²) in [6.45, 7) is 1.32. The molecule has 0 spiro atoms. The number of nitrogens with zero attached hydrogens (tertiary/aromatic N) is 2. The smallest absolute Gasteiger partial charge is 0.234 e. The number of aromatic nitrogens is 1. The maximum Gasteiger partial charge on any atom is 0.234 e. The molecule has 116 valence electrons. The van der Waals surface area contributed by atoms with E-state index in [1.807, 2.05) is 4.90 Å². The van der Waals surface area contributed by atoms with Crippen molar-refractivity contribution < 1.29 is 13.6 Å². The maximum atomic E-state index is 13.2. The minimum Gasteiger partial charge on any atom is -0.444 e. The Bertz CT molecular complexity index is 671. The molecule has 1 fully saturated rings. The van der Waals surface area contributed by atoms with Crippen LogP contribution in [0, 0.1) is 5.82 Å². The number of rotatable bonds is 4. The fraction of sp³-hybridized carbons (Fsp3) is 0.375. The van der Waals surface area contributed by atoms with Crippen molar-refractivity contribution in [3.8, 4) is 11.5 Å². The number of hydrogen-bond donors (Lipinski definition) is 1. The molecule has 1 aromatic heterocycles. The molecular formula is C16H18FN3O2. The van der Waals surface area contributed by atoms with Crippen LogP contribution in [-0.2, 0) is 11.3 Å². The number of primary amides is 1. The van der Waals surface area contributed by atoms with Crippen LogP contribution in [0.15, 0.2) is 34.9 Å². The van der Waals surface area contributed by atoms with Gasteiger partial charge >= 0.3 is 0 Å². The molecule has 0 radical (unpaired) electrons. The Kier molecular flexibility index (Phi) is 4.20. The van der Waals surface area contributed by atoms with E-state index in [1.54, 1.807) is 18.4 Å². The summed E-state index contributed by atoms with van der Waals surface area (Å²) in [6, 6.07) is 5.86. The number of amides is 1. The van der Waals surface area contributed by atoms with Gasteiger partial charge in [-0.15, -0.1) is 0 Å². The van der Waals surface area contributed by atoms with Crippen LogP contribution in [-0.4, -0.2) is 28.4 Å². The first kappa shape index (κ1) is 14.7. The lowest BCUT2D eigenvalue weighted by Gasteiger charge is -2.32. The third-order valence-electron chi connectivity index (χ3n) is 3.93. The largest absolute Gasteiger partial charge is 0.444 e. The first-order valence-electron chi connectivity index (χ1n) is 7.37. The third-order valence-corrected chi connectivity index (χ3v) is 3.93. The van der Waals surface area contributed by atoms with Crippen molar-refractivity contribution in [2.45, 2.75) is 31.8 Å². The van der Waals surface area contributed by atoms with Crippen molar-refractivity contribution in [2.24, 2.45) is 5.73 Å². The lowest BCUT2D eigenvalue weighted by molar-refractivity contribution is -0.124. The van der Waals surface area contributed by atoms with E-state index in [4.69, 9.17) is 10.2 Å². The summed E-state index contributed by atoms with van der Waals surface area (Å²) in [5.74, 6) is -0.252. The number of piperidine rings is 1. The average molecular weight is 303 g/mol. The van der Waals surface area contributed by atoms with Gasteiger partial charge in [0.25, 0.3) is 0 Å². The normalized spacial score (nSPS) is 19.2. The number of oxazole rings is 1. The Hall–Kier alpha value is -2.21. The van der Waals surface area contributed by atoms with Crippen molar-refractivity contribution in [3.05, 3.63) is 42.0 Å². The van der Waals surface area contributed by atoms with Crippen LogP contribution in [0.1, 0.15) is 25.0 Å². The van der Waals surface area contributed by atoms with Crippen LogP contribution in [0.3, 0.4) is 0 Å². The lowest BCUT2D eigenvalue weighted by Crippen LogP contribution is -2.47. The number of carbonyl (C=O) groups is 1. The molecule has 1 aliphatic rings. The summed E-state index contributed by atoms with van der Waals surface area (Å²) >= 11 is 0. The summed E-state index contributed by atoms with van der Waals surface area (Å²) in [5.41, 5.74) is 6.77. The van der Waals surface area contributed by atoms with Crippen molar-refractivity contribution in [3.63, 3.8) is 0 Å². The van der Waals surface area contributed by atoms with Gasteiger partial charge in [-0.3, -0.25) is 9.69 Å². The van der Waals surface area contributed by atoms with Gasteiger partial charge in [-0.2, -0.15) is 0 Å². The van der Waals surface area contributed by atoms with E-state index < -0.39 is 0 Å². The molecule has 2 aromatic rings. The molecule has 1 saturated heterocycles. The summed E-state index contributed by atoms with van der Waals surface area (Å²) in [5, 5.41) is 0. The molecule has 0 saturated carbocycles. The van der Waals surface area contributed by atoms with Gasteiger partial charge in [-0.25, -0.2) is 9.37 Å². The highest BCUT2D eigenvalue weighted by molar-refractivity contribution is 5.79. The average Bonchev–Trinajstić information content (AvgIpc) is 2.96. The molecule has 5 nitrogen and oxygen atoms in total. The Labute approximate surface area is 127 Å². The van der Waals surface area contributed by atoms with Gasteiger partial charge in [0.15, 0.2) is 0 Å². The highest BCUT2D eigenvalue weighted by Crippen LogP contribution is 2.22. The Morgan fingerprint density at radius 3 is 3.09 bits per heavy atom. The summed E-state index contributed by atoms with van der Waals surface area (Å²) < 4.78 is 18.7. The van der Waals surface area contributed by atoms with E-state index in [-0.39, 0.29) is 17.8 Å². The molecule has 0 aliphatic carbocycles. The Balaban J connectivity index is 1.75. The Morgan fingerprint density at radius 1 is 1.45 bits per heavy atom. The SMILES string of the molecule is NC(=O)[C@@H]1CCCCN1Cc1coc(-c2cccc(F)c2)n1. The van der Waals surface area contributed by atoms with Gasteiger partial charge in [0.2, 0.25) is 11.8 Å². The molecule has 1 aliphatic heterocycles. The van der Waals surface area contributed by atoms with Gasteiger partial charge in [-0.1, -0.05) is 12.5 Å². The number of likely N-dealkylation sites (tertiary alicyclic amines) is 1. The van der Waals surface area contributed by atoms with Gasteiger partial charge in [0.05, 0.1) is 11.7 Å². The van der Waals surface area contributed by atoms with Crippen LogP contribution in [0.5, 0.6) is 0 Å². The number of nitrogens with two attached hydrogens (primary N) is 1. The standard InChI is InChI=1S/C16H18FN3O2/c17-12-5-3-4-11(8-12)16-19-13(10-22-16)9-20-7-2-1-6-14(20)15(18)21/h3-5,8,10,14H,1-2,6-7,9H2,(H2,18,21)/t14-/m0/s1. The molecule has 2 heterocycles. The van der Waals surface area contributed by atoms with E-state index in [9.17, 15) is 9.18 Å². The molecule has 3 rings (SSSR count). The predicted octanol–water partition coefficient (Wildman–Crippen LogP) is 2.32. The van der Waals surface area contributed by atoms with Gasteiger partial charge in [-0.05, 0) is 37.6 Å². The van der Waals surface area contributed by atoms with E-state index in [1.165, 1.54) is 12.1 Å². The first-order valence-corrected chi connectivity index (χ1v) is 7.37. The zero-order chi connectivity index (χ0) is 15.5. The molecule has 22 heavy (non-hydrogen) atoms. The second-order valence-corrected chi connectivity index (χ2v) is 5.54. The van der Waals surface area contributed by atoms with Crippen LogP contribution >= 0.6 is 0 Å². The van der Waals surface area contributed by atoms with Crippen molar-refractivity contribution >= 4 is 5.91 Å². The molecule has 0 bridgehead atoms. The van der Waals surface area contributed by atoms with Crippen LogP contribution in [0.4, 0.5) is 4.39 Å². The molecule has 0 unspecified atom stereocenters. The van der Waals surface area contributed by atoms with Crippen molar-refractivity contribution in [2.75, 3.05) is 6.54 Å².